The van der Waals surface area contributed by atoms with Gasteiger partial charge in [0.25, 0.3) is 0 Å². The summed E-state index contributed by atoms with van der Waals surface area (Å²) in [7, 11) is 1.74. The molecule has 0 spiro atoms. The number of ether oxygens (including phenoxy) is 1. The molecule has 0 aromatic heterocycles. The van der Waals surface area contributed by atoms with Crippen molar-refractivity contribution >= 4 is 0 Å². The number of methoxy groups -OCH3 is 1. The molecule has 21 heavy (non-hydrogen) atoms. The van der Waals surface area contributed by atoms with Gasteiger partial charge in [-0.3, -0.25) is 4.90 Å². The maximum atomic E-state index is 5.35. The second-order valence-electron chi connectivity index (χ2n) is 5.84. The number of hydrogen-bond donors (Lipinski definition) is 0. The minimum Gasteiger partial charge on any atom is -0.497 e. The summed E-state index contributed by atoms with van der Waals surface area (Å²) < 4.78 is 5.35. The van der Waals surface area contributed by atoms with Gasteiger partial charge >= 0.3 is 0 Å². The Balaban J connectivity index is 1.67. The smallest absolute Gasteiger partial charge is 0.119 e. The zero-order valence-corrected chi connectivity index (χ0v) is 12.7. The van der Waals surface area contributed by atoms with Crippen molar-refractivity contribution in [2.75, 3.05) is 20.2 Å². The van der Waals surface area contributed by atoms with Crippen LogP contribution in [-0.2, 0) is 6.54 Å². The molecule has 1 aliphatic heterocycles. The Hall–Kier alpha value is -1.80. The van der Waals surface area contributed by atoms with Gasteiger partial charge in [0.15, 0.2) is 0 Å². The van der Waals surface area contributed by atoms with Gasteiger partial charge in [-0.05, 0) is 48.6 Å². The van der Waals surface area contributed by atoms with E-state index in [2.05, 4.69) is 53.4 Å². The van der Waals surface area contributed by atoms with E-state index in [1.807, 2.05) is 6.07 Å². The summed E-state index contributed by atoms with van der Waals surface area (Å²) in [5.41, 5.74) is 2.82. The molecule has 2 heteroatoms. The molecule has 0 amide bonds. The van der Waals surface area contributed by atoms with Crippen LogP contribution >= 0.6 is 0 Å². The molecule has 1 aliphatic rings. The first-order valence-electron chi connectivity index (χ1n) is 7.75. The topological polar surface area (TPSA) is 12.5 Å². The highest BCUT2D eigenvalue weighted by Gasteiger charge is 2.21. The zero-order valence-electron chi connectivity index (χ0n) is 12.7. The number of hydrogen-bond acceptors (Lipinski definition) is 2. The second kappa shape index (κ2) is 6.77. The summed E-state index contributed by atoms with van der Waals surface area (Å²) in [4.78, 5) is 2.57. The molecule has 0 saturated carbocycles. The van der Waals surface area contributed by atoms with Crippen molar-refractivity contribution in [1.29, 1.82) is 0 Å². The standard InChI is InChI=1S/C19H23NO/c1-21-19-11-5-9-17(13-19)18-10-6-12-20(15-18)14-16-7-3-2-4-8-16/h2-5,7-9,11,13,18H,6,10,12,14-15H2,1H3/t18-/m0/s1. The van der Waals surface area contributed by atoms with Crippen LogP contribution < -0.4 is 4.74 Å². The molecule has 0 aliphatic carbocycles. The van der Waals surface area contributed by atoms with Crippen molar-refractivity contribution in [2.24, 2.45) is 0 Å². The molecule has 110 valence electrons. The monoisotopic (exact) mass is 281 g/mol. The SMILES string of the molecule is COc1cccc([C@H]2CCCN(Cc3ccccc3)C2)c1. The zero-order chi connectivity index (χ0) is 14.5. The highest BCUT2D eigenvalue weighted by atomic mass is 16.5. The quantitative estimate of drug-likeness (QED) is 0.837. The Morgan fingerprint density at radius 2 is 1.95 bits per heavy atom. The van der Waals surface area contributed by atoms with Crippen LogP contribution in [0.4, 0.5) is 0 Å². The Bertz CT molecular complexity index is 567. The molecule has 0 radical (unpaired) electrons. The Morgan fingerprint density at radius 3 is 2.76 bits per heavy atom. The summed E-state index contributed by atoms with van der Waals surface area (Å²) in [5, 5.41) is 0. The van der Waals surface area contributed by atoms with Gasteiger partial charge in [-0.2, -0.15) is 0 Å². The first-order chi connectivity index (χ1) is 10.3. The van der Waals surface area contributed by atoms with Gasteiger partial charge in [0.05, 0.1) is 7.11 Å². The van der Waals surface area contributed by atoms with Gasteiger partial charge in [0.2, 0.25) is 0 Å². The Kier molecular flexibility index (Phi) is 4.56. The maximum Gasteiger partial charge on any atom is 0.119 e. The van der Waals surface area contributed by atoms with Crippen molar-refractivity contribution in [3.63, 3.8) is 0 Å². The van der Waals surface area contributed by atoms with Gasteiger partial charge in [-0.15, -0.1) is 0 Å². The average molecular weight is 281 g/mol. The molecular formula is C19H23NO. The molecule has 1 atom stereocenters. The predicted molar refractivity (Wildman–Crippen MR) is 86.7 cm³/mol. The lowest BCUT2D eigenvalue weighted by atomic mass is 9.90. The summed E-state index contributed by atoms with van der Waals surface area (Å²) >= 11 is 0. The van der Waals surface area contributed by atoms with Gasteiger partial charge in [0.1, 0.15) is 5.75 Å². The third-order valence-electron chi connectivity index (χ3n) is 4.32. The maximum absolute atomic E-state index is 5.35. The summed E-state index contributed by atoms with van der Waals surface area (Å²) in [6.07, 6.45) is 2.55. The average Bonchev–Trinajstić information content (AvgIpc) is 2.56. The fraction of sp³-hybridized carbons (Fsp3) is 0.368. The van der Waals surface area contributed by atoms with Crippen LogP contribution in [0.1, 0.15) is 29.9 Å². The Morgan fingerprint density at radius 1 is 1.10 bits per heavy atom. The van der Waals surface area contributed by atoms with Crippen LogP contribution in [-0.4, -0.2) is 25.1 Å². The second-order valence-corrected chi connectivity index (χ2v) is 5.84. The molecular weight excluding hydrogens is 258 g/mol. The molecule has 3 rings (SSSR count). The summed E-state index contributed by atoms with van der Waals surface area (Å²) in [6, 6.07) is 19.3. The number of piperidine rings is 1. The number of likely N-dealkylation sites (tertiary alicyclic amines) is 1. The van der Waals surface area contributed by atoms with Crippen LogP contribution in [0.5, 0.6) is 5.75 Å². The van der Waals surface area contributed by atoms with Gasteiger partial charge < -0.3 is 4.74 Å². The van der Waals surface area contributed by atoms with E-state index in [4.69, 9.17) is 4.74 Å². The molecule has 1 fully saturated rings. The largest absolute Gasteiger partial charge is 0.497 e. The van der Waals surface area contributed by atoms with Gasteiger partial charge in [-0.1, -0.05) is 42.5 Å². The normalized spacial score (nSPS) is 19.4. The van der Waals surface area contributed by atoms with E-state index in [0.717, 1.165) is 18.8 Å². The van der Waals surface area contributed by atoms with E-state index in [0.29, 0.717) is 5.92 Å². The van der Waals surface area contributed by atoms with E-state index >= 15 is 0 Å². The van der Waals surface area contributed by atoms with Gasteiger partial charge in [0, 0.05) is 13.1 Å². The minimum atomic E-state index is 0.623. The molecule has 2 aromatic carbocycles. The molecule has 1 saturated heterocycles. The van der Waals surface area contributed by atoms with Crippen LogP contribution in [0, 0.1) is 0 Å². The van der Waals surface area contributed by atoms with Crippen LogP contribution in [0.3, 0.4) is 0 Å². The third-order valence-corrected chi connectivity index (χ3v) is 4.32. The fourth-order valence-electron chi connectivity index (χ4n) is 3.21. The van der Waals surface area contributed by atoms with Crippen molar-refractivity contribution in [3.05, 3.63) is 65.7 Å². The molecule has 1 heterocycles. The minimum absolute atomic E-state index is 0.623. The van der Waals surface area contributed by atoms with E-state index < -0.39 is 0 Å². The Labute approximate surface area is 127 Å². The van der Waals surface area contributed by atoms with Gasteiger partial charge in [-0.25, -0.2) is 0 Å². The molecule has 2 aromatic rings. The lowest BCUT2D eigenvalue weighted by Crippen LogP contribution is -2.33. The molecule has 0 unspecified atom stereocenters. The lowest BCUT2D eigenvalue weighted by Gasteiger charge is -2.33. The highest BCUT2D eigenvalue weighted by molar-refractivity contribution is 5.31. The first kappa shape index (κ1) is 14.2. The molecule has 2 nitrogen and oxygen atoms in total. The van der Waals surface area contributed by atoms with Crippen molar-refractivity contribution in [1.82, 2.24) is 4.90 Å². The van der Waals surface area contributed by atoms with E-state index in [1.165, 1.54) is 30.5 Å². The van der Waals surface area contributed by atoms with Crippen molar-refractivity contribution in [2.45, 2.75) is 25.3 Å². The van der Waals surface area contributed by atoms with E-state index in [-0.39, 0.29) is 0 Å². The number of benzene rings is 2. The fourth-order valence-corrected chi connectivity index (χ4v) is 3.21. The van der Waals surface area contributed by atoms with Crippen LogP contribution in [0.2, 0.25) is 0 Å². The van der Waals surface area contributed by atoms with Crippen LogP contribution in [0.25, 0.3) is 0 Å². The molecule has 0 N–H and O–H groups in total. The van der Waals surface area contributed by atoms with Crippen molar-refractivity contribution < 1.29 is 4.74 Å². The van der Waals surface area contributed by atoms with E-state index in [9.17, 15) is 0 Å². The van der Waals surface area contributed by atoms with E-state index in [1.54, 1.807) is 7.11 Å². The van der Waals surface area contributed by atoms with Crippen LogP contribution in [0.15, 0.2) is 54.6 Å². The predicted octanol–water partition coefficient (Wildman–Crippen LogP) is 4.07. The number of rotatable bonds is 4. The lowest BCUT2D eigenvalue weighted by molar-refractivity contribution is 0.200. The number of nitrogens with zero attached hydrogens (tertiary/aromatic N) is 1. The molecule has 0 bridgehead atoms. The van der Waals surface area contributed by atoms with Crippen molar-refractivity contribution in [3.8, 4) is 5.75 Å². The summed E-state index contributed by atoms with van der Waals surface area (Å²) in [5.74, 6) is 1.59. The third kappa shape index (κ3) is 3.64. The first-order valence-corrected chi connectivity index (χ1v) is 7.75. The highest BCUT2D eigenvalue weighted by Crippen LogP contribution is 2.29. The summed E-state index contributed by atoms with van der Waals surface area (Å²) in [6.45, 7) is 3.40.